The van der Waals surface area contributed by atoms with Crippen LogP contribution in [0.5, 0.6) is 0 Å². The lowest BCUT2D eigenvalue weighted by atomic mass is 10.3. The molecule has 2 heterocycles. The van der Waals surface area contributed by atoms with Crippen molar-refractivity contribution in [3.63, 3.8) is 0 Å². The van der Waals surface area contributed by atoms with Gasteiger partial charge in [0.25, 0.3) is 0 Å². The molecule has 9 heteroatoms. The Labute approximate surface area is 145 Å². The molecule has 1 fully saturated rings. The fourth-order valence-electron chi connectivity index (χ4n) is 3.10. The van der Waals surface area contributed by atoms with Crippen molar-refractivity contribution in [3.8, 4) is 0 Å². The molecular formula is C16H21N3O5S. The minimum Gasteiger partial charge on any atom is -0.408 e. The smallest absolute Gasteiger partial charge is 0.408 e. The molecule has 0 N–H and O–H groups in total. The first-order chi connectivity index (χ1) is 11.8. The van der Waals surface area contributed by atoms with Crippen molar-refractivity contribution in [2.75, 3.05) is 26.2 Å². The van der Waals surface area contributed by atoms with Crippen LogP contribution in [0.4, 0.5) is 0 Å². The van der Waals surface area contributed by atoms with Crippen LogP contribution in [-0.2, 0) is 21.4 Å². The van der Waals surface area contributed by atoms with Crippen LogP contribution in [0.2, 0.25) is 0 Å². The molecule has 0 spiro atoms. The van der Waals surface area contributed by atoms with Gasteiger partial charge in [-0.3, -0.25) is 9.36 Å². The summed E-state index contributed by atoms with van der Waals surface area (Å²) in [6, 6.07) is 4.48. The van der Waals surface area contributed by atoms with E-state index in [1.807, 2.05) is 6.92 Å². The van der Waals surface area contributed by atoms with Crippen molar-refractivity contribution >= 4 is 27.0 Å². The molecule has 8 nitrogen and oxygen atoms in total. The Balaban J connectivity index is 1.93. The number of hydrogen-bond donors (Lipinski definition) is 0. The minimum absolute atomic E-state index is 0.0525. The summed E-state index contributed by atoms with van der Waals surface area (Å²) in [6.45, 7) is 5.28. The molecule has 1 aliphatic rings. The minimum atomic E-state index is -3.71. The maximum Gasteiger partial charge on any atom is 0.419 e. The van der Waals surface area contributed by atoms with Gasteiger partial charge >= 0.3 is 5.76 Å². The first kappa shape index (κ1) is 17.7. The summed E-state index contributed by atoms with van der Waals surface area (Å²) in [7, 11) is -3.71. The van der Waals surface area contributed by atoms with Gasteiger partial charge < -0.3 is 9.32 Å². The number of carbonyl (C=O) groups is 1. The molecule has 1 aromatic carbocycles. The Morgan fingerprint density at radius 1 is 1.20 bits per heavy atom. The van der Waals surface area contributed by atoms with Crippen LogP contribution in [0.3, 0.4) is 0 Å². The molecule has 0 radical (unpaired) electrons. The highest BCUT2D eigenvalue weighted by atomic mass is 32.2. The molecule has 136 valence electrons. The van der Waals surface area contributed by atoms with Crippen LogP contribution < -0.4 is 5.76 Å². The summed E-state index contributed by atoms with van der Waals surface area (Å²) >= 11 is 0. The van der Waals surface area contributed by atoms with E-state index in [9.17, 15) is 18.0 Å². The highest BCUT2D eigenvalue weighted by Gasteiger charge is 2.28. The van der Waals surface area contributed by atoms with Gasteiger partial charge in [0.15, 0.2) is 5.58 Å². The second-order valence-electron chi connectivity index (χ2n) is 6.01. The van der Waals surface area contributed by atoms with Gasteiger partial charge in [0.1, 0.15) is 0 Å². The average Bonchev–Trinajstić information content (AvgIpc) is 2.74. The molecule has 0 atom stereocenters. The summed E-state index contributed by atoms with van der Waals surface area (Å²) in [4.78, 5) is 25.0. The van der Waals surface area contributed by atoms with Gasteiger partial charge in [-0.1, -0.05) is 0 Å². The Morgan fingerprint density at radius 3 is 2.64 bits per heavy atom. The topological polar surface area (TPSA) is 92.8 Å². The van der Waals surface area contributed by atoms with Gasteiger partial charge in [-0.2, -0.15) is 4.31 Å². The lowest BCUT2D eigenvalue weighted by Crippen LogP contribution is -2.36. The van der Waals surface area contributed by atoms with E-state index < -0.39 is 15.8 Å². The third kappa shape index (κ3) is 3.21. The van der Waals surface area contributed by atoms with Crippen LogP contribution in [0.15, 0.2) is 32.3 Å². The largest absolute Gasteiger partial charge is 0.419 e. The molecule has 0 saturated carbocycles. The standard InChI is InChI=1S/C16H21N3O5S/c1-3-19-14-6-5-13(11-15(14)24-16(19)21)25(22,23)18-8-4-7-17(9-10-18)12(2)20/h5-6,11H,3-4,7-10H2,1-2H3. The average molecular weight is 367 g/mol. The van der Waals surface area contributed by atoms with Crippen LogP contribution in [-0.4, -0.2) is 54.3 Å². The number of amides is 1. The third-order valence-electron chi connectivity index (χ3n) is 4.49. The number of nitrogens with zero attached hydrogens (tertiary/aromatic N) is 3. The van der Waals surface area contributed by atoms with Gasteiger partial charge in [-0.25, -0.2) is 13.2 Å². The molecule has 0 bridgehead atoms. The number of carbonyl (C=O) groups excluding carboxylic acids is 1. The van der Waals surface area contributed by atoms with E-state index in [0.717, 1.165) is 0 Å². The van der Waals surface area contributed by atoms with Gasteiger partial charge in [0.2, 0.25) is 15.9 Å². The van der Waals surface area contributed by atoms with Gasteiger partial charge in [0.05, 0.1) is 10.4 Å². The highest BCUT2D eigenvalue weighted by molar-refractivity contribution is 7.89. The summed E-state index contributed by atoms with van der Waals surface area (Å²) < 4.78 is 33.8. The highest BCUT2D eigenvalue weighted by Crippen LogP contribution is 2.22. The number of aromatic nitrogens is 1. The zero-order valence-electron chi connectivity index (χ0n) is 14.3. The van der Waals surface area contributed by atoms with Crippen molar-refractivity contribution < 1.29 is 17.6 Å². The Morgan fingerprint density at radius 2 is 1.96 bits per heavy atom. The molecule has 2 aromatic rings. The zero-order valence-corrected chi connectivity index (χ0v) is 15.1. The van der Waals surface area contributed by atoms with Gasteiger partial charge in [-0.15, -0.1) is 0 Å². The number of rotatable bonds is 3. The summed E-state index contributed by atoms with van der Waals surface area (Å²) in [6.07, 6.45) is 0.586. The van der Waals surface area contributed by atoms with Crippen molar-refractivity contribution in [2.45, 2.75) is 31.7 Å². The molecule has 0 aliphatic carbocycles. The number of fused-ring (bicyclic) bond motifs is 1. The number of sulfonamides is 1. The molecule has 25 heavy (non-hydrogen) atoms. The quantitative estimate of drug-likeness (QED) is 0.802. The predicted molar refractivity (Wildman–Crippen MR) is 91.8 cm³/mol. The van der Waals surface area contributed by atoms with E-state index >= 15 is 0 Å². The first-order valence-electron chi connectivity index (χ1n) is 8.23. The van der Waals surface area contributed by atoms with Crippen LogP contribution in [0, 0.1) is 0 Å². The van der Waals surface area contributed by atoms with Crippen LogP contribution in [0.25, 0.3) is 11.1 Å². The normalized spacial score (nSPS) is 17.0. The number of aryl methyl sites for hydroxylation is 1. The maximum atomic E-state index is 12.9. The van der Waals surface area contributed by atoms with E-state index in [1.165, 1.54) is 27.9 Å². The van der Waals surface area contributed by atoms with E-state index in [2.05, 4.69) is 0 Å². The lowest BCUT2D eigenvalue weighted by Gasteiger charge is -2.21. The summed E-state index contributed by atoms with van der Waals surface area (Å²) in [5, 5.41) is 0. The SMILES string of the molecule is CCn1c(=O)oc2cc(S(=O)(=O)N3CCCN(C(C)=O)CC3)ccc21. The van der Waals surface area contributed by atoms with Crippen molar-refractivity contribution in [1.29, 1.82) is 0 Å². The third-order valence-corrected chi connectivity index (χ3v) is 6.39. The molecule has 0 unspecified atom stereocenters. The summed E-state index contributed by atoms with van der Waals surface area (Å²) in [5.41, 5.74) is 0.832. The Hall–Kier alpha value is -2.13. The molecule has 3 rings (SSSR count). The zero-order chi connectivity index (χ0) is 18.2. The second kappa shape index (κ2) is 6.64. The summed E-state index contributed by atoms with van der Waals surface area (Å²) in [5.74, 6) is -0.553. The fourth-order valence-corrected chi connectivity index (χ4v) is 4.59. The molecule has 1 aromatic heterocycles. The predicted octanol–water partition coefficient (Wildman–Crippen LogP) is 0.857. The monoisotopic (exact) mass is 367 g/mol. The Bertz CT molecular complexity index is 960. The molecule has 1 saturated heterocycles. The van der Waals surface area contributed by atoms with E-state index in [4.69, 9.17) is 4.42 Å². The van der Waals surface area contributed by atoms with E-state index in [-0.39, 0.29) is 22.9 Å². The maximum absolute atomic E-state index is 12.9. The van der Waals surface area contributed by atoms with Crippen LogP contribution in [0.1, 0.15) is 20.3 Å². The van der Waals surface area contributed by atoms with Crippen molar-refractivity contribution in [3.05, 3.63) is 28.7 Å². The number of benzene rings is 1. The second-order valence-corrected chi connectivity index (χ2v) is 7.94. The van der Waals surface area contributed by atoms with E-state index in [1.54, 1.807) is 11.0 Å². The van der Waals surface area contributed by atoms with Gasteiger partial charge in [-0.05, 0) is 25.5 Å². The van der Waals surface area contributed by atoms with Crippen LogP contribution >= 0.6 is 0 Å². The number of oxazole rings is 1. The fraction of sp³-hybridized carbons (Fsp3) is 0.500. The van der Waals surface area contributed by atoms with Crippen molar-refractivity contribution in [1.82, 2.24) is 13.8 Å². The molecule has 1 amide bonds. The molecular weight excluding hydrogens is 346 g/mol. The van der Waals surface area contributed by atoms with Gasteiger partial charge in [0, 0.05) is 45.7 Å². The first-order valence-corrected chi connectivity index (χ1v) is 9.67. The van der Waals surface area contributed by atoms with E-state index in [0.29, 0.717) is 38.1 Å². The Kier molecular flexibility index (Phi) is 4.70. The molecule has 1 aliphatic heterocycles. The van der Waals surface area contributed by atoms with Crippen molar-refractivity contribution in [2.24, 2.45) is 0 Å². The lowest BCUT2D eigenvalue weighted by molar-refractivity contribution is -0.128. The number of hydrogen-bond acceptors (Lipinski definition) is 5.